The number of aromatic hydroxyl groups is 1. The Hall–Kier alpha value is -1.10. The second kappa shape index (κ2) is 7.62. The lowest BCUT2D eigenvalue weighted by molar-refractivity contribution is 0.101. The Bertz CT molecular complexity index is 474. The molecule has 0 bridgehead atoms. The average molecular weight is 300 g/mol. The van der Waals surface area contributed by atoms with E-state index in [0.29, 0.717) is 23.6 Å². The predicted octanol–water partition coefficient (Wildman–Crippen LogP) is 2.84. The molecule has 5 heteroatoms. The Kier molecular flexibility index (Phi) is 6.46. The molecule has 0 saturated carbocycles. The van der Waals surface area contributed by atoms with Crippen molar-refractivity contribution in [1.82, 2.24) is 4.90 Å². The van der Waals surface area contributed by atoms with E-state index >= 15 is 0 Å². The van der Waals surface area contributed by atoms with Gasteiger partial charge < -0.3 is 10.2 Å². The highest BCUT2D eigenvalue weighted by Gasteiger charge is 2.17. The average Bonchev–Trinajstić information content (AvgIpc) is 2.37. The molecule has 4 nitrogen and oxygen atoms in total. The molecule has 0 unspecified atom stereocenters. The molecule has 0 aliphatic carbocycles. The van der Waals surface area contributed by atoms with Crippen LogP contribution in [0.4, 0.5) is 0 Å². The van der Waals surface area contributed by atoms with Gasteiger partial charge in [-0.2, -0.15) is 0 Å². The number of benzene rings is 1. The molecule has 112 valence electrons. The van der Waals surface area contributed by atoms with Gasteiger partial charge in [0.1, 0.15) is 5.75 Å². The van der Waals surface area contributed by atoms with Crippen LogP contribution >= 0.6 is 11.6 Å². The summed E-state index contributed by atoms with van der Waals surface area (Å²) >= 11 is 6.01. The van der Waals surface area contributed by atoms with Crippen LogP contribution < -0.4 is 0 Å². The summed E-state index contributed by atoms with van der Waals surface area (Å²) in [4.78, 5) is 13.6. The molecule has 0 aliphatic rings. The van der Waals surface area contributed by atoms with E-state index < -0.39 is 0 Å². The third-order valence-electron chi connectivity index (χ3n) is 3.24. The number of rotatable bonds is 7. The van der Waals surface area contributed by atoms with E-state index in [1.165, 1.54) is 13.0 Å². The van der Waals surface area contributed by atoms with Crippen molar-refractivity contribution in [3.8, 4) is 5.75 Å². The Morgan fingerprint density at radius 1 is 1.40 bits per heavy atom. The molecular formula is C15H22ClNO3. The summed E-state index contributed by atoms with van der Waals surface area (Å²) in [5.74, 6) is -0.214. The van der Waals surface area contributed by atoms with E-state index in [2.05, 4.69) is 4.90 Å². The molecule has 0 spiro atoms. The summed E-state index contributed by atoms with van der Waals surface area (Å²) in [5.41, 5.74) is 0.882. The number of Topliss-reactive ketones (excluding diaryl/α,β-unsaturated/α-hetero) is 1. The number of ketones is 1. The zero-order valence-electron chi connectivity index (χ0n) is 12.2. The first-order valence-electron chi connectivity index (χ1n) is 6.74. The second-order valence-corrected chi connectivity index (χ2v) is 5.60. The maximum atomic E-state index is 11.5. The highest BCUT2D eigenvalue weighted by Crippen LogP contribution is 2.29. The summed E-state index contributed by atoms with van der Waals surface area (Å²) in [5, 5.41) is 19.6. The monoisotopic (exact) mass is 299 g/mol. The van der Waals surface area contributed by atoms with Crippen molar-refractivity contribution in [2.24, 2.45) is 0 Å². The van der Waals surface area contributed by atoms with Crippen molar-refractivity contribution >= 4 is 17.4 Å². The fourth-order valence-electron chi connectivity index (χ4n) is 2.06. The second-order valence-electron chi connectivity index (χ2n) is 5.16. The van der Waals surface area contributed by atoms with Crippen LogP contribution in [0.3, 0.4) is 0 Å². The van der Waals surface area contributed by atoms with Crippen molar-refractivity contribution in [2.45, 2.75) is 39.8 Å². The van der Waals surface area contributed by atoms with Crippen LogP contribution in [0.15, 0.2) is 12.1 Å². The maximum Gasteiger partial charge on any atom is 0.163 e. The zero-order valence-corrected chi connectivity index (χ0v) is 12.9. The minimum Gasteiger partial charge on any atom is -0.507 e. The van der Waals surface area contributed by atoms with Gasteiger partial charge in [-0.25, -0.2) is 0 Å². The standard InChI is InChI=1S/C15H22ClNO3/c1-10(2)17(5-4-6-18)9-12-7-13(16)8-14(11(3)19)15(12)20/h7-8,10,18,20H,4-6,9H2,1-3H3. The number of hydrogen-bond acceptors (Lipinski definition) is 4. The summed E-state index contributed by atoms with van der Waals surface area (Å²) in [6, 6.07) is 3.43. The highest BCUT2D eigenvalue weighted by atomic mass is 35.5. The molecule has 1 rings (SSSR count). The van der Waals surface area contributed by atoms with Crippen molar-refractivity contribution < 1.29 is 15.0 Å². The van der Waals surface area contributed by atoms with Gasteiger partial charge in [0.25, 0.3) is 0 Å². The van der Waals surface area contributed by atoms with Gasteiger partial charge in [0.2, 0.25) is 0 Å². The van der Waals surface area contributed by atoms with Crippen molar-refractivity contribution in [1.29, 1.82) is 0 Å². The van der Waals surface area contributed by atoms with Gasteiger partial charge in [-0.3, -0.25) is 9.69 Å². The minimum atomic E-state index is -0.210. The lowest BCUT2D eigenvalue weighted by Crippen LogP contribution is -2.31. The smallest absolute Gasteiger partial charge is 0.163 e. The predicted molar refractivity (Wildman–Crippen MR) is 80.4 cm³/mol. The normalized spacial score (nSPS) is 11.3. The molecular weight excluding hydrogens is 278 g/mol. The third kappa shape index (κ3) is 4.47. The van der Waals surface area contributed by atoms with Gasteiger partial charge >= 0.3 is 0 Å². The number of phenols is 1. The number of aliphatic hydroxyl groups is 1. The highest BCUT2D eigenvalue weighted by molar-refractivity contribution is 6.31. The van der Waals surface area contributed by atoms with Crippen LogP contribution in [-0.4, -0.2) is 40.1 Å². The van der Waals surface area contributed by atoms with Gasteiger partial charge in [0.05, 0.1) is 5.56 Å². The number of hydrogen-bond donors (Lipinski definition) is 2. The Morgan fingerprint density at radius 3 is 2.55 bits per heavy atom. The van der Waals surface area contributed by atoms with Gasteiger partial charge in [0, 0.05) is 36.3 Å². The van der Waals surface area contributed by atoms with Crippen LogP contribution in [-0.2, 0) is 6.54 Å². The number of carbonyl (C=O) groups is 1. The van der Waals surface area contributed by atoms with Gasteiger partial charge in [-0.15, -0.1) is 0 Å². The summed E-state index contributed by atoms with van der Waals surface area (Å²) < 4.78 is 0. The van der Waals surface area contributed by atoms with Gasteiger partial charge in [-0.05, 0) is 39.3 Å². The molecule has 20 heavy (non-hydrogen) atoms. The molecule has 0 heterocycles. The van der Waals surface area contributed by atoms with E-state index in [4.69, 9.17) is 16.7 Å². The molecule has 1 aromatic carbocycles. The molecule has 0 saturated heterocycles. The molecule has 0 fully saturated rings. The van der Waals surface area contributed by atoms with Crippen LogP contribution in [0, 0.1) is 0 Å². The van der Waals surface area contributed by atoms with E-state index in [1.54, 1.807) is 6.07 Å². The van der Waals surface area contributed by atoms with E-state index in [1.807, 2.05) is 13.8 Å². The zero-order chi connectivity index (χ0) is 15.3. The quantitative estimate of drug-likeness (QED) is 0.760. The van der Waals surface area contributed by atoms with Crippen LogP contribution in [0.1, 0.15) is 43.1 Å². The first kappa shape index (κ1) is 17.0. The van der Waals surface area contributed by atoms with Crippen LogP contribution in [0.2, 0.25) is 5.02 Å². The van der Waals surface area contributed by atoms with Crippen molar-refractivity contribution in [2.75, 3.05) is 13.2 Å². The molecule has 0 aromatic heterocycles. The molecule has 0 radical (unpaired) electrons. The Labute approximate surface area is 125 Å². The number of halogens is 1. The molecule has 1 aromatic rings. The number of phenolic OH excluding ortho intramolecular Hbond substituents is 1. The topological polar surface area (TPSA) is 60.8 Å². The van der Waals surface area contributed by atoms with Crippen molar-refractivity contribution in [3.05, 3.63) is 28.3 Å². The van der Waals surface area contributed by atoms with E-state index in [-0.39, 0.29) is 29.7 Å². The molecule has 0 amide bonds. The fourth-order valence-corrected chi connectivity index (χ4v) is 2.30. The first-order valence-corrected chi connectivity index (χ1v) is 7.11. The number of aliphatic hydroxyl groups excluding tert-OH is 1. The summed E-state index contributed by atoms with van der Waals surface area (Å²) in [6.07, 6.45) is 0.666. The largest absolute Gasteiger partial charge is 0.507 e. The summed E-state index contributed by atoms with van der Waals surface area (Å²) in [6.45, 7) is 6.83. The van der Waals surface area contributed by atoms with E-state index in [0.717, 1.165) is 6.54 Å². The first-order chi connectivity index (χ1) is 9.36. The lowest BCUT2D eigenvalue weighted by atomic mass is 10.0. The lowest BCUT2D eigenvalue weighted by Gasteiger charge is -2.27. The van der Waals surface area contributed by atoms with Crippen LogP contribution in [0.25, 0.3) is 0 Å². The number of nitrogens with zero attached hydrogens (tertiary/aromatic N) is 1. The summed E-state index contributed by atoms with van der Waals surface area (Å²) in [7, 11) is 0. The fraction of sp³-hybridized carbons (Fsp3) is 0.533. The Balaban J connectivity index is 3.03. The van der Waals surface area contributed by atoms with E-state index in [9.17, 15) is 9.90 Å². The molecule has 0 aliphatic heterocycles. The number of carbonyl (C=O) groups excluding carboxylic acids is 1. The SMILES string of the molecule is CC(=O)c1cc(Cl)cc(CN(CCCO)C(C)C)c1O. The van der Waals surface area contributed by atoms with Crippen LogP contribution in [0.5, 0.6) is 5.75 Å². The minimum absolute atomic E-state index is 0.00320. The molecule has 0 atom stereocenters. The maximum absolute atomic E-state index is 11.5. The molecule has 2 N–H and O–H groups in total. The third-order valence-corrected chi connectivity index (χ3v) is 3.46. The van der Waals surface area contributed by atoms with Gasteiger partial charge in [-0.1, -0.05) is 11.6 Å². The van der Waals surface area contributed by atoms with Crippen molar-refractivity contribution in [3.63, 3.8) is 0 Å². The van der Waals surface area contributed by atoms with Gasteiger partial charge in [0.15, 0.2) is 5.78 Å². The Morgan fingerprint density at radius 2 is 2.05 bits per heavy atom.